The maximum Gasteiger partial charge on any atom is 0.347 e. The monoisotopic (exact) mass is 1690 g/mol. The van der Waals surface area contributed by atoms with Gasteiger partial charge in [-0.2, -0.15) is 16.8 Å². The number of hydrogen-bond acceptors (Lipinski definition) is 31. The minimum Gasteiger partial charge on any atom is -0.463 e. The van der Waals surface area contributed by atoms with Crippen molar-refractivity contribution >= 4 is 91.9 Å². The molecule has 117 heavy (non-hydrogen) atoms. The van der Waals surface area contributed by atoms with Crippen LogP contribution < -0.4 is 0 Å². The summed E-state index contributed by atoms with van der Waals surface area (Å²) in [6.07, 6.45) is 13.1. The number of carbonyl (C=O) groups is 12. The summed E-state index contributed by atoms with van der Waals surface area (Å²) in [4.78, 5) is 138. The van der Waals surface area contributed by atoms with Gasteiger partial charge in [0.25, 0.3) is 20.2 Å². The second-order valence-corrected chi connectivity index (χ2v) is 39.2. The molecule has 12 saturated carbocycles. The van der Waals surface area contributed by atoms with Gasteiger partial charge in [-0.25, -0.2) is 28.8 Å². The van der Waals surface area contributed by atoms with Gasteiger partial charge in [0.05, 0.1) is 65.8 Å². The molecule has 16 fully saturated rings. The Morgan fingerprint density at radius 3 is 1.26 bits per heavy atom. The van der Waals surface area contributed by atoms with Gasteiger partial charge in [0.1, 0.15) is 62.0 Å². The van der Waals surface area contributed by atoms with E-state index in [1.165, 1.54) is 52.4 Å². The van der Waals surface area contributed by atoms with Crippen LogP contribution in [0.1, 0.15) is 230 Å². The standard InChI is InChI=1S/C19H28O9S.C17H22O9S.C16H24O2.C14H20O3.C10H16O4.C8H10O4/c1-4-19(2,3)18(22)26-8-7-25-14(20)5-6-15(21)27-16-11-9-12-13(10-11)29(23,24)28-17(12)16;1-9(2)17(20)24-6-5-23-13(18)3-4-14(19)25-15-10-7-11-12(8-10)27(21,22)26-16(11)15;1-4-16(18-15(17)10(2)3)13-6-11-5-12(8-13)9-14(16)7-11;1-9(2)12(15)17-14-6-10-3-11(7-14)5-13(16,4-10)8-14;1-4-10(2,3)9(12)14-7-5-6-13-8(7)11;1-5(2)7(9)12-6-3-4-11-8(6)10/h11-13,16-17H,4-10H2,1-3H3;10-12,15-16H,1,3-8H2,2H3;11-14H,2,4-9H2,1,3H3;10-11,16H,1,3-8H2,2H3;7H,4-6H2,1-3H3;6H,1,3-4H2,2H3. The highest BCUT2D eigenvalue weighted by molar-refractivity contribution is 7.88. The Balaban J connectivity index is 0.000000165. The van der Waals surface area contributed by atoms with Crippen molar-refractivity contribution in [2.24, 2.45) is 70.0 Å². The van der Waals surface area contributed by atoms with Gasteiger partial charge in [0, 0.05) is 65.2 Å². The molecule has 33 heteroatoms. The van der Waals surface area contributed by atoms with E-state index in [9.17, 15) is 79.5 Å². The van der Waals surface area contributed by atoms with Crippen LogP contribution in [-0.2, 0) is 143 Å². The highest BCUT2D eigenvalue weighted by Gasteiger charge is 2.67. The van der Waals surface area contributed by atoms with Crippen molar-refractivity contribution in [2.75, 3.05) is 39.6 Å². The maximum atomic E-state index is 12.1. The van der Waals surface area contributed by atoms with Crippen molar-refractivity contribution < 1.29 is 145 Å². The fourth-order valence-electron chi connectivity index (χ4n) is 19.5. The third kappa shape index (κ3) is 22.9. The van der Waals surface area contributed by atoms with Crippen molar-refractivity contribution in [3.8, 4) is 0 Å². The second-order valence-electron chi connectivity index (χ2n) is 35.7. The van der Waals surface area contributed by atoms with Crippen LogP contribution in [0.4, 0.5) is 0 Å². The summed E-state index contributed by atoms with van der Waals surface area (Å²) in [5.74, 6) is -1.66. The molecular formula is C84H120O31S2. The lowest BCUT2D eigenvalue weighted by atomic mass is 9.49. The van der Waals surface area contributed by atoms with E-state index in [2.05, 4.69) is 38.0 Å². The van der Waals surface area contributed by atoms with Crippen LogP contribution in [0.25, 0.3) is 0 Å². The Kier molecular flexibility index (Phi) is 30.6. The highest BCUT2D eigenvalue weighted by atomic mass is 32.2. The fourth-order valence-corrected chi connectivity index (χ4v) is 23.3. The topological polar surface area (TPSA) is 423 Å². The zero-order chi connectivity index (χ0) is 86.2. The largest absolute Gasteiger partial charge is 0.463 e. The maximum absolute atomic E-state index is 12.1. The molecule has 1 N–H and O–H groups in total. The van der Waals surface area contributed by atoms with Crippen LogP contribution in [0.5, 0.6) is 0 Å². The summed E-state index contributed by atoms with van der Waals surface area (Å²) in [6.45, 7) is 34.1. The molecule has 0 aromatic heterocycles. The van der Waals surface area contributed by atoms with Gasteiger partial charge in [0.15, 0.2) is 0 Å². The molecule has 0 amide bonds. The number of carbonyl (C=O) groups excluding carboxylic acids is 12. The molecule has 16 aliphatic rings. The number of ether oxygens (including phenoxy) is 12. The summed E-state index contributed by atoms with van der Waals surface area (Å²) >= 11 is 0. The van der Waals surface area contributed by atoms with Crippen molar-refractivity contribution in [3.63, 3.8) is 0 Å². The average molecular weight is 1690 g/mol. The van der Waals surface area contributed by atoms with E-state index in [-0.39, 0.29) is 116 Å². The Hall–Kier alpha value is -7.62. The zero-order valence-corrected chi connectivity index (χ0v) is 71.1. The van der Waals surface area contributed by atoms with Crippen molar-refractivity contribution in [1.82, 2.24) is 0 Å². The van der Waals surface area contributed by atoms with E-state index in [0.29, 0.717) is 106 Å². The molecule has 4 heterocycles. The summed E-state index contributed by atoms with van der Waals surface area (Å²) in [7, 11) is -7.11. The molecule has 4 aliphatic heterocycles. The first-order chi connectivity index (χ1) is 54.8. The Bertz CT molecular complexity index is 4000. The number of hydrogen-bond donors (Lipinski definition) is 1. The SMILES string of the molecule is C=C(C)C(=O)OC1(CC)C2CC3CC(C2)CC1C3.C=C(C)C(=O)OC12CC3CC(CC(O)(C3)C1)C2.C=C(C)C(=O)OC1CCOC1=O.C=C(C)C(=O)OCCOC(=O)CCC(=O)OC1C2CC3C1OS(=O)(=O)C3C2.CCC(C)(C)C(=O)OC1CCOC1=O.CCC(C)(C)C(=O)OCCOC(=O)CCC(=O)OC1C2CC3C1OS(=O)(=O)C3C2. The van der Waals surface area contributed by atoms with Gasteiger partial charge in [-0.1, -0.05) is 47.1 Å². The highest BCUT2D eigenvalue weighted by Crippen LogP contribution is 2.62. The number of aliphatic hydroxyl groups is 1. The third-order valence-corrected chi connectivity index (χ3v) is 29.3. The summed E-state index contributed by atoms with van der Waals surface area (Å²) in [5, 5.41) is 9.56. The fraction of sp³-hybridized carbons (Fsp3) is 0.762. The van der Waals surface area contributed by atoms with Crippen LogP contribution in [0.15, 0.2) is 48.6 Å². The van der Waals surface area contributed by atoms with Crippen LogP contribution >= 0.6 is 0 Å². The molecule has 16 rings (SSSR count). The van der Waals surface area contributed by atoms with Crippen LogP contribution in [-0.4, -0.2) is 197 Å². The van der Waals surface area contributed by atoms with E-state index in [1.807, 2.05) is 13.8 Å². The Morgan fingerprint density at radius 2 is 0.855 bits per heavy atom. The molecule has 654 valence electrons. The molecule has 0 aromatic rings. The zero-order valence-electron chi connectivity index (χ0n) is 69.4. The first-order valence-corrected chi connectivity index (χ1v) is 44.2. The van der Waals surface area contributed by atoms with Gasteiger partial charge < -0.3 is 61.9 Å². The van der Waals surface area contributed by atoms with Gasteiger partial charge in [-0.3, -0.25) is 37.1 Å². The van der Waals surface area contributed by atoms with Crippen LogP contribution in [0.3, 0.4) is 0 Å². The Labute approximate surface area is 685 Å². The summed E-state index contributed by atoms with van der Waals surface area (Å²) < 4.78 is 119. The molecule has 12 bridgehead atoms. The number of rotatable bonds is 27. The quantitative estimate of drug-likeness (QED) is 0.0263. The Morgan fingerprint density at radius 1 is 0.462 bits per heavy atom. The van der Waals surface area contributed by atoms with Crippen molar-refractivity contribution in [2.45, 2.75) is 294 Å². The first-order valence-electron chi connectivity index (χ1n) is 41.2. The molecule has 14 unspecified atom stereocenters. The predicted molar refractivity (Wildman–Crippen MR) is 413 cm³/mol. The van der Waals surface area contributed by atoms with Crippen molar-refractivity contribution in [3.05, 3.63) is 48.6 Å². The van der Waals surface area contributed by atoms with E-state index in [0.717, 1.165) is 43.9 Å². The predicted octanol–water partition coefficient (Wildman–Crippen LogP) is 9.42. The lowest BCUT2D eigenvalue weighted by Gasteiger charge is -2.60. The molecule has 31 nitrogen and oxygen atoms in total. The first kappa shape index (κ1) is 93.2. The molecular weight excluding hydrogens is 1570 g/mol. The third-order valence-electron chi connectivity index (χ3n) is 25.8. The number of cyclic esters (lactones) is 2. The molecule has 0 aromatic carbocycles. The van der Waals surface area contributed by atoms with E-state index >= 15 is 0 Å². The van der Waals surface area contributed by atoms with Crippen LogP contribution in [0, 0.1) is 70.0 Å². The smallest absolute Gasteiger partial charge is 0.347 e. The van der Waals surface area contributed by atoms with E-state index in [4.69, 9.17) is 60.5 Å². The van der Waals surface area contributed by atoms with Gasteiger partial charge in [0.2, 0.25) is 12.2 Å². The van der Waals surface area contributed by atoms with Gasteiger partial charge >= 0.3 is 71.6 Å². The normalized spacial score (nSPS) is 33.8. The van der Waals surface area contributed by atoms with Crippen molar-refractivity contribution in [1.29, 1.82) is 0 Å². The number of fused-ring (bicyclic) bond motifs is 2. The van der Waals surface area contributed by atoms with Crippen LogP contribution in [0.2, 0.25) is 0 Å². The minimum atomic E-state index is -3.56. The lowest BCUT2D eigenvalue weighted by molar-refractivity contribution is -0.217. The summed E-state index contributed by atoms with van der Waals surface area (Å²) in [6, 6.07) is 0. The van der Waals surface area contributed by atoms with Gasteiger partial charge in [-0.15, -0.1) is 0 Å². The van der Waals surface area contributed by atoms with E-state index in [1.54, 1.807) is 41.5 Å². The molecule has 12 aliphatic carbocycles. The average Bonchev–Trinajstić information content (AvgIpc) is 1.60. The molecule has 14 atom stereocenters. The number of esters is 12. The minimum absolute atomic E-state index is 0.00904. The molecule has 4 saturated heterocycles. The van der Waals surface area contributed by atoms with Gasteiger partial charge in [-0.05, 0) is 200 Å². The second kappa shape index (κ2) is 38.4. The molecule has 0 radical (unpaired) electrons. The summed E-state index contributed by atoms with van der Waals surface area (Å²) in [5.41, 5.74) is -0.717. The lowest BCUT2D eigenvalue weighted by Crippen LogP contribution is -2.60. The van der Waals surface area contributed by atoms with E-state index < -0.39 is 137 Å². The molecule has 0 spiro atoms.